The van der Waals surface area contributed by atoms with Crippen molar-refractivity contribution in [2.45, 2.75) is 33.6 Å². The molecule has 7 heteroatoms. The third-order valence-corrected chi connectivity index (χ3v) is 6.18. The summed E-state index contributed by atoms with van der Waals surface area (Å²) in [6.45, 7) is 7.21. The van der Waals surface area contributed by atoms with E-state index in [4.69, 9.17) is 16.3 Å². The summed E-state index contributed by atoms with van der Waals surface area (Å²) in [7, 11) is 0. The summed E-state index contributed by atoms with van der Waals surface area (Å²) in [5.74, 6) is 0.738. The predicted octanol–water partition coefficient (Wildman–Crippen LogP) is 5.55. The first-order chi connectivity index (χ1) is 13.5. The lowest BCUT2D eigenvalue weighted by Gasteiger charge is -2.31. The Bertz CT molecular complexity index is 1050. The molecule has 0 unspecified atom stereocenters. The number of nitrogens with zero attached hydrogens (tertiary/aromatic N) is 3. The zero-order valence-corrected chi connectivity index (χ0v) is 17.7. The zero-order chi connectivity index (χ0) is 19.8. The number of aromatic nitrogens is 2. The van der Waals surface area contributed by atoms with Crippen molar-refractivity contribution >= 4 is 50.6 Å². The zero-order valence-electron chi connectivity index (χ0n) is 16.2. The summed E-state index contributed by atoms with van der Waals surface area (Å²) in [5.41, 5.74) is 3.28. The number of esters is 1. The number of aryl methyl sites for hydroxylation is 2. The molecule has 146 valence electrons. The third kappa shape index (κ3) is 3.47. The number of ether oxygens (including phenoxy) is 1. The van der Waals surface area contributed by atoms with Gasteiger partial charge in [0.25, 0.3) is 0 Å². The van der Waals surface area contributed by atoms with Gasteiger partial charge in [-0.2, -0.15) is 4.98 Å². The fourth-order valence-corrected chi connectivity index (χ4v) is 4.83. The van der Waals surface area contributed by atoms with Gasteiger partial charge in [0.05, 0.1) is 12.0 Å². The molecule has 0 saturated carbocycles. The largest absolute Gasteiger partial charge is 0.461 e. The molecule has 0 atom stereocenters. The van der Waals surface area contributed by atoms with E-state index in [0.717, 1.165) is 41.8 Å². The van der Waals surface area contributed by atoms with E-state index in [2.05, 4.69) is 33.1 Å². The van der Waals surface area contributed by atoms with Gasteiger partial charge in [0.2, 0.25) is 5.28 Å². The minimum Gasteiger partial charge on any atom is -0.461 e. The standard InChI is InChI=1S/C21H22ClN3O2S/c1-12(2)11-27-20(26)17-13(3)16-18(23-21(22)24-19(16)28-17)25-10-6-8-14-7-4-5-9-15(14)25/h4-5,7,9,12H,6,8,10-11H2,1-3H3. The van der Waals surface area contributed by atoms with Crippen LogP contribution >= 0.6 is 22.9 Å². The molecule has 0 fully saturated rings. The molecule has 5 nitrogen and oxygen atoms in total. The monoisotopic (exact) mass is 415 g/mol. The Kier molecular flexibility index (Phi) is 5.25. The summed E-state index contributed by atoms with van der Waals surface area (Å²) in [5, 5.41) is 1.07. The fourth-order valence-electron chi connectivity index (χ4n) is 3.54. The van der Waals surface area contributed by atoms with E-state index >= 15 is 0 Å². The van der Waals surface area contributed by atoms with E-state index in [1.807, 2.05) is 26.8 Å². The molecule has 28 heavy (non-hydrogen) atoms. The summed E-state index contributed by atoms with van der Waals surface area (Å²) in [6, 6.07) is 8.35. The second kappa shape index (κ2) is 7.68. The van der Waals surface area contributed by atoms with Gasteiger partial charge in [0.15, 0.2) is 0 Å². The van der Waals surface area contributed by atoms with Crippen LogP contribution in [-0.2, 0) is 11.2 Å². The number of thiophene rings is 1. The van der Waals surface area contributed by atoms with Crippen LogP contribution in [0.4, 0.5) is 11.5 Å². The topological polar surface area (TPSA) is 55.3 Å². The number of carbonyl (C=O) groups excluding carboxylic acids is 1. The first-order valence-electron chi connectivity index (χ1n) is 9.45. The van der Waals surface area contributed by atoms with Crippen molar-refractivity contribution in [2.24, 2.45) is 5.92 Å². The lowest BCUT2D eigenvalue weighted by atomic mass is 10.0. The second-order valence-corrected chi connectivity index (χ2v) is 8.77. The van der Waals surface area contributed by atoms with Gasteiger partial charge in [-0.3, -0.25) is 0 Å². The van der Waals surface area contributed by atoms with E-state index in [1.54, 1.807) is 0 Å². The van der Waals surface area contributed by atoms with Gasteiger partial charge in [-0.1, -0.05) is 32.0 Å². The molecule has 1 aliphatic rings. The first-order valence-corrected chi connectivity index (χ1v) is 10.6. The van der Waals surface area contributed by atoms with Gasteiger partial charge in [-0.15, -0.1) is 11.3 Å². The molecule has 0 aliphatic carbocycles. The van der Waals surface area contributed by atoms with E-state index in [0.29, 0.717) is 16.3 Å². The Hall–Kier alpha value is -2.18. The lowest BCUT2D eigenvalue weighted by Crippen LogP contribution is -2.25. The molecule has 0 bridgehead atoms. The van der Waals surface area contributed by atoms with Crippen molar-refractivity contribution < 1.29 is 9.53 Å². The van der Waals surface area contributed by atoms with Crippen LogP contribution in [0.15, 0.2) is 24.3 Å². The Balaban J connectivity index is 1.83. The Morgan fingerprint density at radius 2 is 2.11 bits per heavy atom. The second-order valence-electron chi connectivity index (χ2n) is 7.43. The van der Waals surface area contributed by atoms with Crippen molar-refractivity contribution in [3.8, 4) is 0 Å². The average Bonchev–Trinajstić information content (AvgIpc) is 3.01. The highest BCUT2D eigenvalue weighted by Gasteiger charge is 2.26. The normalized spacial score (nSPS) is 13.8. The molecule has 0 saturated heterocycles. The van der Waals surface area contributed by atoms with E-state index in [-0.39, 0.29) is 17.2 Å². The van der Waals surface area contributed by atoms with Crippen LogP contribution in [0.3, 0.4) is 0 Å². The maximum atomic E-state index is 12.6. The molecule has 1 aromatic carbocycles. The van der Waals surface area contributed by atoms with Crippen molar-refractivity contribution in [1.82, 2.24) is 9.97 Å². The Morgan fingerprint density at radius 3 is 2.89 bits per heavy atom. The van der Waals surface area contributed by atoms with E-state index < -0.39 is 0 Å². The third-order valence-electron chi connectivity index (χ3n) is 4.84. The van der Waals surface area contributed by atoms with Crippen molar-refractivity contribution in [3.63, 3.8) is 0 Å². The van der Waals surface area contributed by atoms with Crippen LogP contribution in [0, 0.1) is 12.8 Å². The SMILES string of the molecule is Cc1c(C(=O)OCC(C)C)sc2nc(Cl)nc(N3CCCc4ccccc43)c12. The van der Waals surface area contributed by atoms with E-state index in [1.165, 1.54) is 16.9 Å². The van der Waals surface area contributed by atoms with Crippen molar-refractivity contribution in [2.75, 3.05) is 18.1 Å². The highest BCUT2D eigenvalue weighted by atomic mass is 35.5. The molecule has 2 aromatic heterocycles. The molecule has 4 rings (SSSR count). The van der Waals surface area contributed by atoms with Gasteiger partial charge < -0.3 is 9.64 Å². The number of carbonyl (C=O) groups is 1. The average molecular weight is 416 g/mol. The number of para-hydroxylation sites is 1. The van der Waals surface area contributed by atoms with Crippen LogP contribution in [-0.4, -0.2) is 29.1 Å². The minimum atomic E-state index is -0.310. The van der Waals surface area contributed by atoms with Crippen LogP contribution < -0.4 is 4.90 Å². The molecule has 1 aliphatic heterocycles. The number of hydrogen-bond acceptors (Lipinski definition) is 6. The molecular weight excluding hydrogens is 394 g/mol. The summed E-state index contributed by atoms with van der Waals surface area (Å²) in [4.78, 5) is 25.0. The smallest absolute Gasteiger partial charge is 0.348 e. The molecule has 0 amide bonds. The number of benzene rings is 1. The molecule has 0 N–H and O–H groups in total. The molecule has 0 spiro atoms. The first kappa shape index (κ1) is 19.2. The maximum Gasteiger partial charge on any atom is 0.348 e. The predicted molar refractivity (Wildman–Crippen MR) is 114 cm³/mol. The van der Waals surface area contributed by atoms with Crippen LogP contribution in [0.2, 0.25) is 5.28 Å². The summed E-state index contributed by atoms with van der Waals surface area (Å²) in [6.07, 6.45) is 2.08. The Labute approximate surface area is 173 Å². The highest BCUT2D eigenvalue weighted by Crippen LogP contribution is 2.41. The maximum absolute atomic E-state index is 12.6. The van der Waals surface area contributed by atoms with Crippen LogP contribution in [0.25, 0.3) is 10.2 Å². The van der Waals surface area contributed by atoms with Gasteiger partial charge >= 0.3 is 5.97 Å². The number of fused-ring (bicyclic) bond motifs is 2. The van der Waals surface area contributed by atoms with Crippen molar-refractivity contribution in [1.29, 1.82) is 0 Å². The van der Waals surface area contributed by atoms with Crippen LogP contribution in [0.5, 0.6) is 0 Å². The molecule has 0 radical (unpaired) electrons. The molecule has 3 aromatic rings. The Morgan fingerprint density at radius 1 is 1.32 bits per heavy atom. The number of rotatable bonds is 4. The lowest BCUT2D eigenvalue weighted by molar-refractivity contribution is 0.0464. The fraction of sp³-hybridized carbons (Fsp3) is 0.381. The van der Waals surface area contributed by atoms with E-state index in [9.17, 15) is 4.79 Å². The van der Waals surface area contributed by atoms with Gasteiger partial charge in [0.1, 0.15) is 15.5 Å². The number of halogens is 1. The summed E-state index contributed by atoms with van der Waals surface area (Å²) >= 11 is 7.58. The van der Waals surface area contributed by atoms with Crippen molar-refractivity contribution in [3.05, 3.63) is 45.6 Å². The summed E-state index contributed by atoms with van der Waals surface area (Å²) < 4.78 is 5.45. The van der Waals surface area contributed by atoms with Gasteiger partial charge in [-0.25, -0.2) is 9.78 Å². The van der Waals surface area contributed by atoms with Gasteiger partial charge in [-0.05, 0) is 54.5 Å². The highest BCUT2D eigenvalue weighted by molar-refractivity contribution is 7.20. The van der Waals surface area contributed by atoms with Crippen LogP contribution in [0.1, 0.15) is 41.1 Å². The number of anilines is 2. The molecule has 3 heterocycles. The quantitative estimate of drug-likeness (QED) is 0.413. The van der Waals surface area contributed by atoms with Gasteiger partial charge in [0, 0.05) is 12.2 Å². The number of hydrogen-bond donors (Lipinski definition) is 0. The molecular formula is C21H22ClN3O2S. The minimum absolute atomic E-state index is 0.189.